The van der Waals surface area contributed by atoms with Crippen molar-refractivity contribution in [2.75, 3.05) is 26.2 Å². The summed E-state index contributed by atoms with van der Waals surface area (Å²) in [5.41, 5.74) is 1.75. The Labute approximate surface area is 145 Å². The van der Waals surface area contributed by atoms with E-state index < -0.39 is 0 Å². The van der Waals surface area contributed by atoms with Gasteiger partial charge < -0.3 is 4.90 Å². The van der Waals surface area contributed by atoms with Crippen molar-refractivity contribution in [3.8, 4) is 0 Å². The second kappa shape index (κ2) is 7.30. The molecule has 3 rings (SSSR count). The van der Waals surface area contributed by atoms with E-state index in [0.29, 0.717) is 28.7 Å². The van der Waals surface area contributed by atoms with E-state index in [1.165, 1.54) is 5.56 Å². The molecule has 1 saturated heterocycles. The number of hydrogen-bond acceptors (Lipinski definition) is 3. The fourth-order valence-corrected chi connectivity index (χ4v) is 3.18. The average molecular weight is 350 g/mol. The quantitative estimate of drug-likeness (QED) is 0.852. The lowest BCUT2D eigenvalue weighted by Crippen LogP contribution is -2.48. The number of carbonyl (C=O) groups is 1. The van der Waals surface area contributed by atoms with Crippen LogP contribution in [0.15, 0.2) is 42.7 Å². The molecule has 23 heavy (non-hydrogen) atoms. The van der Waals surface area contributed by atoms with Crippen molar-refractivity contribution >= 4 is 29.1 Å². The van der Waals surface area contributed by atoms with Crippen molar-refractivity contribution in [3.63, 3.8) is 0 Å². The summed E-state index contributed by atoms with van der Waals surface area (Å²) in [6, 6.07) is 9.03. The Balaban J connectivity index is 1.59. The molecule has 0 unspecified atom stereocenters. The van der Waals surface area contributed by atoms with Crippen LogP contribution in [0.4, 0.5) is 0 Å². The summed E-state index contributed by atoms with van der Waals surface area (Å²) in [6.07, 6.45) is 3.61. The lowest BCUT2D eigenvalue weighted by Gasteiger charge is -2.35. The van der Waals surface area contributed by atoms with E-state index in [1.54, 1.807) is 30.6 Å². The highest BCUT2D eigenvalue weighted by atomic mass is 35.5. The van der Waals surface area contributed by atoms with Crippen molar-refractivity contribution in [2.45, 2.75) is 6.54 Å². The van der Waals surface area contributed by atoms with E-state index in [9.17, 15) is 4.79 Å². The summed E-state index contributed by atoms with van der Waals surface area (Å²) in [6.45, 7) is 3.97. The number of carbonyl (C=O) groups excluding carboxylic acids is 1. The van der Waals surface area contributed by atoms with Crippen molar-refractivity contribution < 1.29 is 4.79 Å². The highest BCUT2D eigenvalue weighted by Gasteiger charge is 2.23. The molecule has 120 valence electrons. The molecule has 2 heterocycles. The van der Waals surface area contributed by atoms with Crippen LogP contribution in [0, 0.1) is 0 Å². The summed E-state index contributed by atoms with van der Waals surface area (Å²) in [7, 11) is 0. The van der Waals surface area contributed by atoms with Gasteiger partial charge in [0.2, 0.25) is 0 Å². The van der Waals surface area contributed by atoms with Gasteiger partial charge in [-0.05, 0) is 35.9 Å². The summed E-state index contributed by atoms with van der Waals surface area (Å²) in [5, 5.41) is 0.940. The van der Waals surface area contributed by atoms with Crippen LogP contribution in [0.25, 0.3) is 0 Å². The van der Waals surface area contributed by atoms with Crippen molar-refractivity contribution in [3.05, 3.63) is 63.9 Å². The third kappa shape index (κ3) is 4.02. The molecule has 0 N–H and O–H groups in total. The van der Waals surface area contributed by atoms with Gasteiger partial charge in [-0.1, -0.05) is 23.2 Å². The molecule has 0 radical (unpaired) electrons. The first-order chi connectivity index (χ1) is 11.1. The normalized spacial score (nSPS) is 15.7. The highest BCUT2D eigenvalue weighted by molar-refractivity contribution is 6.36. The van der Waals surface area contributed by atoms with E-state index in [2.05, 4.69) is 9.88 Å². The number of aromatic nitrogens is 1. The summed E-state index contributed by atoms with van der Waals surface area (Å²) in [4.78, 5) is 20.8. The molecule has 0 spiro atoms. The molecule has 4 nitrogen and oxygen atoms in total. The first-order valence-corrected chi connectivity index (χ1v) is 8.24. The fourth-order valence-electron chi connectivity index (χ4n) is 2.69. The molecule has 0 aliphatic carbocycles. The summed E-state index contributed by atoms with van der Waals surface area (Å²) >= 11 is 12.0. The number of nitrogens with zero attached hydrogens (tertiary/aromatic N) is 3. The molecule has 0 saturated carbocycles. The third-order valence-corrected chi connectivity index (χ3v) is 4.52. The first-order valence-electron chi connectivity index (χ1n) is 7.49. The Morgan fingerprint density at radius 2 is 1.74 bits per heavy atom. The lowest BCUT2D eigenvalue weighted by atomic mass is 10.1. The number of halogens is 2. The Hall–Kier alpha value is -1.62. The van der Waals surface area contributed by atoms with Gasteiger partial charge in [-0.2, -0.15) is 0 Å². The van der Waals surface area contributed by atoms with Gasteiger partial charge in [0.1, 0.15) is 0 Å². The van der Waals surface area contributed by atoms with Gasteiger partial charge in [-0.3, -0.25) is 14.7 Å². The fraction of sp³-hybridized carbons (Fsp3) is 0.294. The molecule has 1 aromatic heterocycles. The number of piperazine rings is 1. The van der Waals surface area contributed by atoms with Gasteiger partial charge in [0.25, 0.3) is 5.91 Å². The average Bonchev–Trinajstić information content (AvgIpc) is 2.56. The topological polar surface area (TPSA) is 36.4 Å². The zero-order valence-corrected chi connectivity index (χ0v) is 14.1. The molecule has 1 aromatic carbocycles. The second-order valence-corrected chi connectivity index (χ2v) is 6.39. The largest absolute Gasteiger partial charge is 0.336 e. The summed E-state index contributed by atoms with van der Waals surface area (Å²) in [5.74, 6) is -0.0322. The van der Waals surface area contributed by atoms with Gasteiger partial charge >= 0.3 is 0 Å². The molecule has 2 aromatic rings. The third-order valence-electron chi connectivity index (χ3n) is 3.98. The molecule has 1 aliphatic heterocycles. The van der Waals surface area contributed by atoms with Crippen molar-refractivity contribution in [2.24, 2.45) is 0 Å². The molecule has 6 heteroatoms. The minimum Gasteiger partial charge on any atom is -0.336 e. The van der Waals surface area contributed by atoms with Crippen LogP contribution >= 0.6 is 23.2 Å². The van der Waals surface area contributed by atoms with Crippen LogP contribution in [0.3, 0.4) is 0 Å². The van der Waals surface area contributed by atoms with Crippen LogP contribution in [0.2, 0.25) is 10.0 Å². The van der Waals surface area contributed by atoms with Crippen molar-refractivity contribution in [1.82, 2.24) is 14.8 Å². The predicted octanol–water partition coefficient (Wildman–Crippen LogP) is 3.35. The van der Waals surface area contributed by atoms with E-state index in [1.807, 2.05) is 17.0 Å². The van der Waals surface area contributed by atoms with Crippen LogP contribution in [-0.2, 0) is 6.54 Å². The molecule has 1 fully saturated rings. The Morgan fingerprint density at radius 3 is 2.39 bits per heavy atom. The lowest BCUT2D eigenvalue weighted by molar-refractivity contribution is 0.0628. The van der Waals surface area contributed by atoms with Crippen LogP contribution in [0.5, 0.6) is 0 Å². The molecule has 0 atom stereocenters. The molecule has 0 bridgehead atoms. The van der Waals surface area contributed by atoms with Crippen molar-refractivity contribution in [1.29, 1.82) is 0 Å². The zero-order valence-electron chi connectivity index (χ0n) is 12.6. The monoisotopic (exact) mass is 349 g/mol. The predicted molar refractivity (Wildman–Crippen MR) is 91.9 cm³/mol. The van der Waals surface area contributed by atoms with Crippen LogP contribution < -0.4 is 0 Å². The number of hydrogen-bond donors (Lipinski definition) is 0. The SMILES string of the molecule is O=C(c1ccc(Cl)cc1Cl)N1CCN(Cc2ccncc2)CC1. The smallest absolute Gasteiger partial charge is 0.255 e. The Kier molecular flexibility index (Phi) is 5.16. The van der Waals surface area contributed by atoms with Crippen LogP contribution in [-0.4, -0.2) is 46.9 Å². The van der Waals surface area contributed by atoms with E-state index in [0.717, 1.165) is 19.6 Å². The number of pyridine rings is 1. The van der Waals surface area contributed by atoms with E-state index >= 15 is 0 Å². The van der Waals surface area contributed by atoms with E-state index in [-0.39, 0.29) is 5.91 Å². The zero-order chi connectivity index (χ0) is 16.2. The first kappa shape index (κ1) is 16.2. The number of rotatable bonds is 3. The van der Waals surface area contributed by atoms with Gasteiger partial charge in [0.05, 0.1) is 10.6 Å². The van der Waals surface area contributed by atoms with Gasteiger partial charge in [0, 0.05) is 50.1 Å². The highest BCUT2D eigenvalue weighted by Crippen LogP contribution is 2.23. The number of amides is 1. The maximum atomic E-state index is 12.6. The standard InChI is InChI=1S/C17H17Cl2N3O/c18-14-1-2-15(16(19)11-14)17(23)22-9-7-21(8-10-22)12-13-3-5-20-6-4-13/h1-6,11H,7-10,12H2. The maximum absolute atomic E-state index is 12.6. The Morgan fingerprint density at radius 1 is 1.04 bits per heavy atom. The van der Waals surface area contributed by atoms with E-state index in [4.69, 9.17) is 23.2 Å². The van der Waals surface area contributed by atoms with Gasteiger partial charge in [-0.15, -0.1) is 0 Å². The van der Waals surface area contributed by atoms with Crippen LogP contribution in [0.1, 0.15) is 15.9 Å². The van der Waals surface area contributed by atoms with Gasteiger partial charge in [-0.25, -0.2) is 0 Å². The molecule has 1 aliphatic rings. The summed E-state index contributed by atoms with van der Waals surface area (Å²) < 4.78 is 0. The molecular formula is C17H17Cl2N3O. The van der Waals surface area contributed by atoms with Gasteiger partial charge in [0.15, 0.2) is 0 Å². The number of benzene rings is 1. The minimum absolute atomic E-state index is 0.0322. The molecule has 1 amide bonds. The second-order valence-electron chi connectivity index (χ2n) is 5.55. The Bertz CT molecular complexity index is 685. The maximum Gasteiger partial charge on any atom is 0.255 e. The minimum atomic E-state index is -0.0322. The molecular weight excluding hydrogens is 333 g/mol.